The molecule has 0 N–H and O–H groups in total. The standard InChI is InChI=1S/C11H16N2O2S/c1-13(6-8-4-3-5-8)11-12-9(7-16-11)10(14)15-2/h7-8H,3-6H2,1-2H3. The third-order valence-electron chi connectivity index (χ3n) is 2.97. The molecule has 1 heterocycles. The fourth-order valence-corrected chi connectivity index (χ4v) is 2.55. The quantitative estimate of drug-likeness (QED) is 0.756. The van der Waals surface area contributed by atoms with Gasteiger partial charge in [0.25, 0.3) is 0 Å². The first-order chi connectivity index (χ1) is 7.70. The molecule has 0 aliphatic heterocycles. The van der Waals surface area contributed by atoms with Gasteiger partial charge in [-0.25, -0.2) is 9.78 Å². The SMILES string of the molecule is COC(=O)c1csc(N(C)CC2CCC2)n1. The summed E-state index contributed by atoms with van der Waals surface area (Å²) in [7, 11) is 3.40. The van der Waals surface area contributed by atoms with Crippen LogP contribution in [0.4, 0.5) is 5.13 Å². The van der Waals surface area contributed by atoms with E-state index >= 15 is 0 Å². The van der Waals surface area contributed by atoms with Crippen molar-refractivity contribution in [2.75, 3.05) is 25.6 Å². The van der Waals surface area contributed by atoms with Gasteiger partial charge in [0.15, 0.2) is 10.8 Å². The van der Waals surface area contributed by atoms with Gasteiger partial charge < -0.3 is 9.64 Å². The van der Waals surface area contributed by atoms with Gasteiger partial charge in [0.2, 0.25) is 0 Å². The molecule has 0 bridgehead atoms. The first-order valence-electron chi connectivity index (χ1n) is 5.45. The molecular formula is C11H16N2O2S. The van der Waals surface area contributed by atoms with E-state index in [1.807, 2.05) is 7.05 Å². The lowest BCUT2D eigenvalue weighted by Crippen LogP contribution is -2.29. The Labute approximate surface area is 99.2 Å². The van der Waals surface area contributed by atoms with E-state index in [2.05, 4.69) is 14.6 Å². The van der Waals surface area contributed by atoms with Crippen molar-refractivity contribution >= 4 is 22.4 Å². The van der Waals surface area contributed by atoms with Crippen molar-refractivity contribution in [2.24, 2.45) is 5.92 Å². The van der Waals surface area contributed by atoms with E-state index in [4.69, 9.17) is 0 Å². The maximum atomic E-state index is 11.2. The first kappa shape index (κ1) is 11.4. The Morgan fingerprint density at radius 3 is 3.00 bits per heavy atom. The highest BCUT2D eigenvalue weighted by atomic mass is 32.1. The summed E-state index contributed by atoms with van der Waals surface area (Å²) in [6.07, 6.45) is 3.99. The summed E-state index contributed by atoms with van der Waals surface area (Å²) in [5.41, 5.74) is 0.406. The lowest BCUT2D eigenvalue weighted by molar-refractivity contribution is 0.0595. The number of hydrogen-bond acceptors (Lipinski definition) is 5. The third kappa shape index (κ3) is 2.35. The number of hydrogen-bond donors (Lipinski definition) is 0. The van der Waals surface area contributed by atoms with E-state index in [1.165, 1.54) is 37.7 Å². The Morgan fingerprint density at radius 2 is 2.44 bits per heavy atom. The normalized spacial score (nSPS) is 15.6. The van der Waals surface area contributed by atoms with Gasteiger partial charge in [-0.2, -0.15) is 0 Å². The topological polar surface area (TPSA) is 42.4 Å². The van der Waals surface area contributed by atoms with Crippen molar-refractivity contribution in [3.05, 3.63) is 11.1 Å². The van der Waals surface area contributed by atoms with Gasteiger partial charge in [-0.3, -0.25) is 0 Å². The van der Waals surface area contributed by atoms with Crippen molar-refractivity contribution in [3.8, 4) is 0 Å². The Morgan fingerprint density at radius 1 is 1.69 bits per heavy atom. The number of rotatable bonds is 4. The molecule has 0 unspecified atom stereocenters. The van der Waals surface area contributed by atoms with Crippen LogP contribution in [0.15, 0.2) is 5.38 Å². The predicted octanol–water partition coefficient (Wildman–Crippen LogP) is 2.17. The fraction of sp³-hybridized carbons (Fsp3) is 0.636. The lowest BCUT2D eigenvalue weighted by atomic mass is 9.85. The number of nitrogens with zero attached hydrogens (tertiary/aromatic N) is 2. The Hall–Kier alpha value is -1.10. The van der Waals surface area contributed by atoms with Crippen LogP contribution >= 0.6 is 11.3 Å². The molecule has 2 rings (SSSR count). The molecule has 1 aromatic heterocycles. The molecule has 88 valence electrons. The van der Waals surface area contributed by atoms with Gasteiger partial charge in [-0.15, -0.1) is 11.3 Å². The zero-order valence-corrected chi connectivity index (χ0v) is 10.4. The minimum atomic E-state index is -0.362. The molecule has 5 heteroatoms. The van der Waals surface area contributed by atoms with E-state index < -0.39 is 0 Å². The van der Waals surface area contributed by atoms with Crippen LogP contribution in [0.2, 0.25) is 0 Å². The number of aromatic nitrogens is 1. The van der Waals surface area contributed by atoms with Crippen molar-refractivity contribution in [3.63, 3.8) is 0 Å². The van der Waals surface area contributed by atoms with Gasteiger partial charge in [0.1, 0.15) is 0 Å². The van der Waals surface area contributed by atoms with Crippen molar-refractivity contribution < 1.29 is 9.53 Å². The highest BCUT2D eigenvalue weighted by Crippen LogP contribution is 2.29. The minimum absolute atomic E-state index is 0.362. The van der Waals surface area contributed by atoms with E-state index in [0.29, 0.717) is 5.69 Å². The molecular weight excluding hydrogens is 224 g/mol. The molecule has 0 spiro atoms. The second-order valence-electron chi connectivity index (χ2n) is 4.18. The predicted molar refractivity (Wildman–Crippen MR) is 64.1 cm³/mol. The smallest absolute Gasteiger partial charge is 0.357 e. The van der Waals surface area contributed by atoms with E-state index in [9.17, 15) is 4.79 Å². The van der Waals surface area contributed by atoms with Crippen LogP contribution < -0.4 is 4.90 Å². The third-order valence-corrected chi connectivity index (χ3v) is 3.92. The molecule has 0 atom stereocenters. The summed E-state index contributed by atoms with van der Waals surface area (Å²) >= 11 is 1.49. The monoisotopic (exact) mass is 240 g/mol. The summed E-state index contributed by atoms with van der Waals surface area (Å²) in [4.78, 5) is 17.6. The Kier molecular flexibility index (Phi) is 3.43. The van der Waals surface area contributed by atoms with Gasteiger partial charge in [0.05, 0.1) is 7.11 Å². The summed E-state index contributed by atoms with van der Waals surface area (Å²) in [6.45, 7) is 1.04. The van der Waals surface area contributed by atoms with Crippen molar-refractivity contribution in [1.82, 2.24) is 4.98 Å². The highest BCUT2D eigenvalue weighted by molar-refractivity contribution is 7.13. The summed E-state index contributed by atoms with van der Waals surface area (Å²) < 4.78 is 4.63. The molecule has 4 nitrogen and oxygen atoms in total. The number of esters is 1. The largest absolute Gasteiger partial charge is 0.464 e. The summed E-state index contributed by atoms with van der Waals surface area (Å²) in [5, 5.41) is 2.64. The minimum Gasteiger partial charge on any atom is -0.464 e. The van der Waals surface area contributed by atoms with E-state index in [-0.39, 0.29) is 5.97 Å². The van der Waals surface area contributed by atoms with Crippen molar-refractivity contribution in [2.45, 2.75) is 19.3 Å². The molecule has 1 aliphatic carbocycles. The number of ether oxygens (including phenoxy) is 1. The highest BCUT2D eigenvalue weighted by Gasteiger charge is 2.21. The molecule has 1 aliphatic rings. The van der Waals surface area contributed by atoms with Crippen LogP contribution in [0.5, 0.6) is 0 Å². The van der Waals surface area contributed by atoms with Crippen LogP contribution in [0.25, 0.3) is 0 Å². The second-order valence-corrected chi connectivity index (χ2v) is 5.02. The molecule has 0 amide bonds. The van der Waals surface area contributed by atoms with E-state index in [0.717, 1.165) is 17.6 Å². The molecule has 1 fully saturated rings. The van der Waals surface area contributed by atoms with Crippen molar-refractivity contribution in [1.29, 1.82) is 0 Å². The lowest BCUT2D eigenvalue weighted by Gasteiger charge is -2.29. The van der Waals surface area contributed by atoms with Crippen LogP contribution in [0, 0.1) is 5.92 Å². The van der Waals surface area contributed by atoms with Crippen LogP contribution in [0.3, 0.4) is 0 Å². The van der Waals surface area contributed by atoms with E-state index in [1.54, 1.807) is 5.38 Å². The van der Waals surface area contributed by atoms with Crippen LogP contribution in [-0.4, -0.2) is 31.7 Å². The molecule has 0 aromatic carbocycles. The van der Waals surface area contributed by atoms with Crippen LogP contribution in [-0.2, 0) is 4.74 Å². The number of carbonyl (C=O) groups excluding carboxylic acids is 1. The first-order valence-corrected chi connectivity index (χ1v) is 6.33. The maximum Gasteiger partial charge on any atom is 0.357 e. The summed E-state index contributed by atoms with van der Waals surface area (Å²) in [5.74, 6) is 0.440. The number of thiazole rings is 1. The van der Waals surface area contributed by atoms with Gasteiger partial charge in [-0.1, -0.05) is 6.42 Å². The molecule has 0 saturated heterocycles. The van der Waals surface area contributed by atoms with Crippen LogP contribution in [0.1, 0.15) is 29.8 Å². The number of anilines is 1. The average molecular weight is 240 g/mol. The average Bonchev–Trinajstić information content (AvgIpc) is 2.71. The number of carbonyl (C=O) groups is 1. The number of methoxy groups -OCH3 is 1. The molecule has 1 aromatic rings. The van der Waals surface area contributed by atoms with Gasteiger partial charge in [0, 0.05) is 19.0 Å². The molecule has 1 saturated carbocycles. The van der Waals surface area contributed by atoms with Gasteiger partial charge >= 0.3 is 5.97 Å². The summed E-state index contributed by atoms with van der Waals surface area (Å²) in [6, 6.07) is 0. The Balaban J connectivity index is 1.97. The molecule has 0 radical (unpaired) electrons. The zero-order chi connectivity index (χ0) is 11.5. The second kappa shape index (κ2) is 4.82. The fourth-order valence-electron chi connectivity index (χ4n) is 1.78. The molecule has 16 heavy (non-hydrogen) atoms. The Bertz CT molecular complexity index is 374. The maximum absolute atomic E-state index is 11.2. The zero-order valence-electron chi connectivity index (χ0n) is 9.60. The van der Waals surface area contributed by atoms with Gasteiger partial charge in [-0.05, 0) is 18.8 Å².